The van der Waals surface area contributed by atoms with Crippen LogP contribution in [0.15, 0.2) is 27.6 Å². The quantitative estimate of drug-likeness (QED) is 0.796. The summed E-state index contributed by atoms with van der Waals surface area (Å²) in [5.41, 5.74) is 7.40. The molecule has 0 amide bonds. The lowest BCUT2D eigenvalue weighted by atomic mass is 10.1. The molecule has 0 heterocycles. The average molecular weight is 302 g/mol. The maximum atomic E-state index is 6.02. The normalized spacial score (nSPS) is 12.8. The largest absolute Gasteiger partial charge is 0.327 e. The molecule has 0 bridgehead atoms. The number of benzene rings is 1. The summed E-state index contributed by atoms with van der Waals surface area (Å²) >= 11 is 5.46. The standard InChI is InChI=1S/C13H20BrNS/c1-3-7-16-13-9-11(14)6-5-10(13)8-12(15)4-2/h5-6,9,12H,3-4,7-8,15H2,1-2H3. The van der Waals surface area contributed by atoms with Gasteiger partial charge in [0.05, 0.1) is 0 Å². The number of halogens is 1. The Morgan fingerprint density at radius 3 is 2.75 bits per heavy atom. The van der Waals surface area contributed by atoms with Crippen molar-refractivity contribution in [1.29, 1.82) is 0 Å². The molecule has 0 radical (unpaired) electrons. The van der Waals surface area contributed by atoms with E-state index in [-0.39, 0.29) is 6.04 Å². The molecule has 0 aromatic heterocycles. The molecule has 0 saturated carbocycles. The van der Waals surface area contributed by atoms with Gasteiger partial charge in [-0.15, -0.1) is 11.8 Å². The first-order chi connectivity index (χ1) is 7.67. The van der Waals surface area contributed by atoms with Crippen LogP contribution in [0.2, 0.25) is 0 Å². The Labute approximate surface area is 111 Å². The highest BCUT2D eigenvalue weighted by Crippen LogP contribution is 2.28. The van der Waals surface area contributed by atoms with Gasteiger partial charge in [0.25, 0.3) is 0 Å². The summed E-state index contributed by atoms with van der Waals surface area (Å²) in [4.78, 5) is 1.38. The van der Waals surface area contributed by atoms with E-state index in [1.54, 1.807) is 0 Å². The van der Waals surface area contributed by atoms with Crippen molar-refractivity contribution >= 4 is 27.7 Å². The van der Waals surface area contributed by atoms with Crippen molar-refractivity contribution in [3.63, 3.8) is 0 Å². The summed E-state index contributed by atoms with van der Waals surface area (Å²) in [5, 5.41) is 0. The van der Waals surface area contributed by atoms with Gasteiger partial charge in [0, 0.05) is 15.4 Å². The minimum absolute atomic E-state index is 0.280. The SMILES string of the molecule is CCCSc1cc(Br)ccc1CC(N)CC. The van der Waals surface area contributed by atoms with E-state index in [1.807, 2.05) is 11.8 Å². The molecule has 0 aliphatic carbocycles. The van der Waals surface area contributed by atoms with Crippen LogP contribution in [0, 0.1) is 0 Å². The van der Waals surface area contributed by atoms with Crippen molar-refractivity contribution in [3.05, 3.63) is 28.2 Å². The molecule has 1 aromatic rings. The monoisotopic (exact) mass is 301 g/mol. The summed E-state index contributed by atoms with van der Waals surface area (Å²) < 4.78 is 1.15. The fourth-order valence-electron chi connectivity index (χ4n) is 1.47. The van der Waals surface area contributed by atoms with Gasteiger partial charge in [-0.1, -0.05) is 35.8 Å². The fourth-order valence-corrected chi connectivity index (χ4v) is 2.95. The number of hydrogen-bond acceptors (Lipinski definition) is 2. The van der Waals surface area contributed by atoms with E-state index in [2.05, 4.69) is 48.0 Å². The molecule has 1 atom stereocenters. The number of rotatable bonds is 6. The van der Waals surface area contributed by atoms with Crippen molar-refractivity contribution in [2.24, 2.45) is 5.73 Å². The van der Waals surface area contributed by atoms with Crippen molar-refractivity contribution in [3.8, 4) is 0 Å². The van der Waals surface area contributed by atoms with Gasteiger partial charge >= 0.3 is 0 Å². The van der Waals surface area contributed by atoms with Gasteiger partial charge in [-0.2, -0.15) is 0 Å². The van der Waals surface area contributed by atoms with Crippen LogP contribution in [0.25, 0.3) is 0 Å². The van der Waals surface area contributed by atoms with Crippen LogP contribution in [0.4, 0.5) is 0 Å². The third kappa shape index (κ3) is 4.48. The van der Waals surface area contributed by atoms with E-state index in [4.69, 9.17) is 5.73 Å². The zero-order valence-corrected chi connectivity index (χ0v) is 12.4. The Bertz CT molecular complexity index is 328. The minimum Gasteiger partial charge on any atom is -0.327 e. The second kappa shape index (κ2) is 7.36. The van der Waals surface area contributed by atoms with E-state index < -0.39 is 0 Å². The van der Waals surface area contributed by atoms with Gasteiger partial charge in [-0.05, 0) is 42.7 Å². The highest BCUT2D eigenvalue weighted by atomic mass is 79.9. The van der Waals surface area contributed by atoms with Gasteiger partial charge in [-0.25, -0.2) is 0 Å². The summed E-state index contributed by atoms with van der Waals surface area (Å²) in [6.07, 6.45) is 3.22. The number of thioether (sulfide) groups is 1. The van der Waals surface area contributed by atoms with Crippen LogP contribution in [0.3, 0.4) is 0 Å². The second-order valence-electron chi connectivity index (χ2n) is 3.97. The minimum atomic E-state index is 0.280. The van der Waals surface area contributed by atoms with Crippen LogP contribution in [0.5, 0.6) is 0 Å². The fraction of sp³-hybridized carbons (Fsp3) is 0.538. The zero-order valence-electron chi connectivity index (χ0n) is 10.0. The maximum absolute atomic E-state index is 6.02. The summed E-state index contributed by atoms with van der Waals surface area (Å²) in [5.74, 6) is 1.17. The molecule has 0 saturated heterocycles. The Balaban J connectivity index is 2.80. The molecule has 1 nitrogen and oxygen atoms in total. The Hall–Kier alpha value is 0.01000. The van der Waals surface area contributed by atoms with Gasteiger partial charge < -0.3 is 5.73 Å². The molecule has 90 valence electrons. The molecule has 1 unspecified atom stereocenters. The zero-order chi connectivity index (χ0) is 12.0. The van der Waals surface area contributed by atoms with E-state index in [0.29, 0.717) is 0 Å². The topological polar surface area (TPSA) is 26.0 Å². The van der Waals surface area contributed by atoms with E-state index >= 15 is 0 Å². The van der Waals surface area contributed by atoms with Crippen LogP contribution >= 0.6 is 27.7 Å². The highest BCUT2D eigenvalue weighted by molar-refractivity contribution is 9.10. The molecule has 0 spiro atoms. The molecule has 16 heavy (non-hydrogen) atoms. The van der Waals surface area contributed by atoms with Crippen molar-refractivity contribution in [1.82, 2.24) is 0 Å². The Morgan fingerprint density at radius 2 is 2.12 bits per heavy atom. The summed E-state index contributed by atoms with van der Waals surface area (Å²) in [6, 6.07) is 6.78. The van der Waals surface area contributed by atoms with Gasteiger partial charge in [-0.3, -0.25) is 0 Å². The van der Waals surface area contributed by atoms with Gasteiger partial charge in [0.15, 0.2) is 0 Å². The van der Waals surface area contributed by atoms with Gasteiger partial charge in [0.1, 0.15) is 0 Å². The average Bonchev–Trinajstić information content (AvgIpc) is 2.29. The first-order valence-corrected chi connectivity index (χ1v) is 7.62. The molecular weight excluding hydrogens is 282 g/mol. The number of nitrogens with two attached hydrogens (primary N) is 1. The molecular formula is C13H20BrNS. The third-order valence-corrected chi connectivity index (χ3v) is 4.29. The Kier molecular flexibility index (Phi) is 6.47. The van der Waals surface area contributed by atoms with Gasteiger partial charge in [0.2, 0.25) is 0 Å². The predicted molar refractivity (Wildman–Crippen MR) is 77.1 cm³/mol. The highest BCUT2D eigenvalue weighted by Gasteiger charge is 2.07. The molecule has 0 fully saturated rings. The van der Waals surface area contributed by atoms with E-state index in [1.165, 1.54) is 22.6 Å². The van der Waals surface area contributed by atoms with Crippen molar-refractivity contribution in [2.75, 3.05) is 5.75 Å². The third-order valence-electron chi connectivity index (χ3n) is 2.50. The number of hydrogen-bond donors (Lipinski definition) is 1. The molecule has 1 aromatic carbocycles. The van der Waals surface area contributed by atoms with Crippen LogP contribution in [-0.2, 0) is 6.42 Å². The molecule has 2 N–H and O–H groups in total. The lowest BCUT2D eigenvalue weighted by Crippen LogP contribution is -2.21. The first kappa shape index (κ1) is 14.1. The molecule has 1 rings (SSSR count). The van der Waals surface area contributed by atoms with Crippen molar-refractivity contribution in [2.45, 2.75) is 44.0 Å². The molecule has 0 aliphatic heterocycles. The Morgan fingerprint density at radius 1 is 1.38 bits per heavy atom. The maximum Gasteiger partial charge on any atom is 0.0186 e. The summed E-state index contributed by atoms with van der Waals surface area (Å²) in [7, 11) is 0. The lowest BCUT2D eigenvalue weighted by molar-refractivity contribution is 0.641. The van der Waals surface area contributed by atoms with E-state index in [0.717, 1.165) is 17.3 Å². The van der Waals surface area contributed by atoms with E-state index in [9.17, 15) is 0 Å². The van der Waals surface area contributed by atoms with Crippen LogP contribution in [-0.4, -0.2) is 11.8 Å². The predicted octanol–water partition coefficient (Wildman–Crippen LogP) is 4.23. The summed E-state index contributed by atoms with van der Waals surface area (Å²) in [6.45, 7) is 4.35. The molecule has 3 heteroatoms. The van der Waals surface area contributed by atoms with Crippen molar-refractivity contribution < 1.29 is 0 Å². The lowest BCUT2D eigenvalue weighted by Gasteiger charge is -2.13. The molecule has 0 aliphatic rings. The van der Waals surface area contributed by atoms with Crippen LogP contribution < -0.4 is 5.73 Å². The second-order valence-corrected chi connectivity index (χ2v) is 6.03. The smallest absolute Gasteiger partial charge is 0.0186 e. The van der Waals surface area contributed by atoms with Crippen LogP contribution in [0.1, 0.15) is 32.3 Å². The first-order valence-electron chi connectivity index (χ1n) is 5.84.